The minimum Gasteiger partial charge on any atom is -0.198 e. The van der Waals surface area contributed by atoms with E-state index in [1.54, 1.807) is 27.7 Å². The van der Waals surface area contributed by atoms with Crippen LogP contribution in [0.3, 0.4) is 0 Å². The molecule has 0 spiro atoms. The van der Waals surface area contributed by atoms with Gasteiger partial charge in [0.05, 0.1) is 17.7 Å². The molecule has 0 fully saturated rings. The summed E-state index contributed by atoms with van der Waals surface area (Å²) in [4.78, 5) is 0. The van der Waals surface area contributed by atoms with Gasteiger partial charge in [-0.25, -0.2) is 0 Å². The zero-order chi connectivity index (χ0) is 11.8. The molecular formula is C12H12N2S2. The number of hydrogen-bond donors (Lipinski definition) is 0. The predicted molar refractivity (Wildman–Crippen MR) is 70.1 cm³/mol. The van der Waals surface area contributed by atoms with Crippen molar-refractivity contribution in [2.45, 2.75) is 12.3 Å². The minimum atomic E-state index is 0.218. The van der Waals surface area contributed by atoms with E-state index in [0.717, 1.165) is 11.3 Å². The fraction of sp³-hybridized carbons (Fsp3) is 0.333. The summed E-state index contributed by atoms with van der Waals surface area (Å²) in [6.45, 7) is 0. The van der Waals surface area contributed by atoms with E-state index in [2.05, 4.69) is 12.1 Å². The van der Waals surface area contributed by atoms with Crippen molar-refractivity contribution in [3.05, 3.63) is 35.4 Å². The summed E-state index contributed by atoms with van der Waals surface area (Å²) in [6.07, 6.45) is 2.53. The van der Waals surface area contributed by atoms with Crippen molar-refractivity contribution in [2.75, 3.05) is 12.0 Å². The number of rotatable bonds is 5. The molecule has 0 heterocycles. The molecule has 82 valence electrons. The first-order valence-electron chi connectivity index (χ1n) is 4.84. The molecule has 0 aromatic heterocycles. The standard InChI is InChI=1S/C12H12N2S2/c1-15-16-9-12(5-6-13)11-4-2-3-10(7-11)8-14/h2-4,7,12H,5,9H2,1H3. The van der Waals surface area contributed by atoms with Crippen LogP contribution in [0.2, 0.25) is 0 Å². The fourth-order valence-corrected chi connectivity index (χ4v) is 2.91. The van der Waals surface area contributed by atoms with Gasteiger partial charge in [-0.3, -0.25) is 0 Å². The first kappa shape index (κ1) is 13.0. The molecule has 1 atom stereocenters. The van der Waals surface area contributed by atoms with Crippen LogP contribution in [0.15, 0.2) is 24.3 Å². The lowest BCUT2D eigenvalue weighted by molar-refractivity contribution is 0.803. The fourth-order valence-electron chi connectivity index (χ4n) is 1.40. The Morgan fingerprint density at radius 2 is 2.19 bits per heavy atom. The molecule has 0 saturated carbocycles. The second-order valence-electron chi connectivity index (χ2n) is 3.25. The van der Waals surface area contributed by atoms with Crippen LogP contribution in [0.4, 0.5) is 0 Å². The Bertz CT molecular complexity index is 418. The summed E-state index contributed by atoms with van der Waals surface area (Å²) in [6, 6.07) is 11.9. The Balaban J connectivity index is 2.84. The van der Waals surface area contributed by atoms with Crippen LogP contribution in [-0.2, 0) is 0 Å². The van der Waals surface area contributed by atoms with Crippen LogP contribution in [-0.4, -0.2) is 12.0 Å². The van der Waals surface area contributed by atoms with E-state index in [1.807, 2.05) is 24.5 Å². The van der Waals surface area contributed by atoms with Crippen molar-refractivity contribution >= 4 is 21.6 Å². The maximum atomic E-state index is 8.83. The minimum absolute atomic E-state index is 0.218. The summed E-state index contributed by atoms with van der Waals surface area (Å²) < 4.78 is 0. The first-order valence-corrected chi connectivity index (χ1v) is 7.57. The van der Waals surface area contributed by atoms with Gasteiger partial charge in [0, 0.05) is 18.1 Å². The van der Waals surface area contributed by atoms with Gasteiger partial charge in [-0.2, -0.15) is 10.5 Å². The van der Waals surface area contributed by atoms with Gasteiger partial charge in [-0.15, -0.1) is 0 Å². The van der Waals surface area contributed by atoms with Crippen molar-refractivity contribution in [1.82, 2.24) is 0 Å². The molecule has 0 aliphatic carbocycles. The van der Waals surface area contributed by atoms with E-state index in [9.17, 15) is 0 Å². The van der Waals surface area contributed by atoms with Crippen molar-refractivity contribution in [1.29, 1.82) is 10.5 Å². The predicted octanol–water partition coefficient (Wildman–Crippen LogP) is 3.57. The molecule has 16 heavy (non-hydrogen) atoms. The SMILES string of the molecule is CSSCC(CC#N)c1cccc(C#N)c1. The number of nitrogens with zero attached hydrogens (tertiary/aromatic N) is 2. The Morgan fingerprint density at radius 3 is 2.81 bits per heavy atom. The molecule has 0 N–H and O–H groups in total. The van der Waals surface area contributed by atoms with E-state index in [4.69, 9.17) is 10.5 Å². The van der Waals surface area contributed by atoms with Gasteiger partial charge in [0.15, 0.2) is 0 Å². The third-order valence-corrected chi connectivity index (χ3v) is 4.10. The Labute approximate surface area is 104 Å². The van der Waals surface area contributed by atoms with Crippen LogP contribution < -0.4 is 0 Å². The third-order valence-electron chi connectivity index (χ3n) is 2.21. The zero-order valence-corrected chi connectivity index (χ0v) is 10.6. The largest absolute Gasteiger partial charge is 0.198 e. The quantitative estimate of drug-likeness (QED) is 0.747. The maximum Gasteiger partial charge on any atom is 0.0991 e. The van der Waals surface area contributed by atoms with Crippen molar-refractivity contribution in [3.63, 3.8) is 0 Å². The molecule has 0 radical (unpaired) electrons. The van der Waals surface area contributed by atoms with Gasteiger partial charge in [0.2, 0.25) is 0 Å². The van der Waals surface area contributed by atoms with Gasteiger partial charge in [-0.1, -0.05) is 33.7 Å². The maximum absolute atomic E-state index is 8.83. The lowest BCUT2D eigenvalue weighted by atomic mass is 9.97. The highest BCUT2D eigenvalue weighted by Crippen LogP contribution is 2.29. The average molecular weight is 248 g/mol. The van der Waals surface area contributed by atoms with Crippen LogP contribution in [0.25, 0.3) is 0 Å². The molecule has 0 aliphatic heterocycles. The lowest BCUT2D eigenvalue weighted by Crippen LogP contribution is -2.01. The molecule has 2 nitrogen and oxygen atoms in total. The Morgan fingerprint density at radius 1 is 1.38 bits per heavy atom. The van der Waals surface area contributed by atoms with Gasteiger partial charge in [0.1, 0.15) is 0 Å². The molecule has 1 aromatic carbocycles. The number of benzene rings is 1. The molecule has 0 bridgehead atoms. The Kier molecular flexibility index (Phi) is 5.85. The summed E-state index contributed by atoms with van der Waals surface area (Å²) in [5, 5.41) is 17.6. The summed E-state index contributed by atoms with van der Waals surface area (Å²) >= 11 is 0. The summed E-state index contributed by atoms with van der Waals surface area (Å²) in [5.74, 6) is 1.12. The van der Waals surface area contributed by atoms with Gasteiger partial charge >= 0.3 is 0 Å². The molecule has 0 aliphatic rings. The molecule has 1 unspecified atom stereocenters. The molecular weight excluding hydrogens is 236 g/mol. The van der Waals surface area contributed by atoms with Gasteiger partial charge in [-0.05, 0) is 24.0 Å². The van der Waals surface area contributed by atoms with Gasteiger partial charge in [0.25, 0.3) is 0 Å². The highest BCUT2D eigenvalue weighted by atomic mass is 33.1. The van der Waals surface area contributed by atoms with Crippen LogP contribution in [0.1, 0.15) is 23.5 Å². The molecule has 0 saturated heterocycles. The average Bonchev–Trinajstić information content (AvgIpc) is 2.34. The third kappa shape index (κ3) is 3.81. The van der Waals surface area contributed by atoms with E-state index < -0.39 is 0 Å². The lowest BCUT2D eigenvalue weighted by Gasteiger charge is -2.12. The highest BCUT2D eigenvalue weighted by molar-refractivity contribution is 8.76. The number of nitriles is 2. The van der Waals surface area contributed by atoms with Crippen molar-refractivity contribution in [2.24, 2.45) is 0 Å². The summed E-state index contributed by atoms with van der Waals surface area (Å²) in [7, 11) is 3.45. The monoisotopic (exact) mass is 248 g/mol. The molecule has 4 heteroatoms. The normalized spacial score (nSPS) is 11.4. The topological polar surface area (TPSA) is 47.6 Å². The zero-order valence-electron chi connectivity index (χ0n) is 9.01. The summed E-state index contributed by atoms with van der Waals surface area (Å²) in [5.41, 5.74) is 1.75. The van der Waals surface area contributed by atoms with E-state index in [-0.39, 0.29) is 5.92 Å². The Hall–Kier alpha value is -1.10. The van der Waals surface area contributed by atoms with Crippen LogP contribution in [0, 0.1) is 22.7 Å². The molecule has 1 rings (SSSR count). The molecule has 0 amide bonds. The van der Waals surface area contributed by atoms with E-state index in [0.29, 0.717) is 12.0 Å². The van der Waals surface area contributed by atoms with Gasteiger partial charge < -0.3 is 0 Å². The second-order valence-corrected chi connectivity index (χ2v) is 5.86. The molecule has 1 aromatic rings. The highest BCUT2D eigenvalue weighted by Gasteiger charge is 2.11. The second kappa shape index (κ2) is 7.22. The van der Waals surface area contributed by atoms with Crippen LogP contribution >= 0.6 is 21.6 Å². The van der Waals surface area contributed by atoms with Crippen molar-refractivity contribution in [3.8, 4) is 12.1 Å². The first-order chi connectivity index (χ1) is 7.81. The van der Waals surface area contributed by atoms with Crippen LogP contribution in [0.5, 0.6) is 0 Å². The number of hydrogen-bond acceptors (Lipinski definition) is 4. The van der Waals surface area contributed by atoms with E-state index >= 15 is 0 Å². The van der Waals surface area contributed by atoms with Crippen molar-refractivity contribution < 1.29 is 0 Å². The van der Waals surface area contributed by atoms with E-state index in [1.165, 1.54) is 0 Å². The smallest absolute Gasteiger partial charge is 0.0991 e.